The molecule has 6 rings (SSSR count). The first-order valence-electron chi connectivity index (χ1n) is 15.5. The number of aromatic nitrogens is 1. The van der Waals surface area contributed by atoms with E-state index in [4.69, 9.17) is 28.9 Å². The summed E-state index contributed by atoms with van der Waals surface area (Å²) in [6.45, 7) is 2.88. The highest BCUT2D eigenvalue weighted by atomic mass is 35.5. The van der Waals surface area contributed by atoms with Crippen molar-refractivity contribution >= 4 is 79.8 Å². The maximum atomic E-state index is 14.3. The van der Waals surface area contributed by atoms with Gasteiger partial charge in [0.2, 0.25) is 18.2 Å². The maximum Gasteiger partial charge on any atom is 0.332 e. The van der Waals surface area contributed by atoms with E-state index in [2.05, 4.69) is 15.6 Å². The molecule has 0 aliphatic carbocycles. The summed E-state index contributed by atoms with van der Waals surface area (Å²) in [5.41, 5.74) is 9.80. The first-order valence-corrected chi connectivity index (χ1v) is 17.0. The predicted octanol–water partition coefficient (Wildman–Crippen LogP) is 4.71. The summed E-state index contributed by atoms with van der Waals surface area (Å²) in [7, 11) is 0. The Morgan fingerprint density at radius 2 is 1.88 bits per heavy atom. The number of anilines is 2. The number of rotatable bonds is 11. The third kappa shape index (κ3) is 6.90. The van der Waals surface area contributed by atoms with E-state index >= 15 is 0 Å². The Labute approximate surface area is 291 Å². The molecule has 250 valence electrons. The maximum absolute atomic E-state index is 14.3. The molecule has 4 aromatic rings. The van der Waals surface area contributed by atoms with E-state index < -0.39 is 12.2 Å². The number of fused-ring (bicyclic) bond motifs is 2. The van der Waals surface area contributed by atoms with Crippen molar-refractivity contribution in [2.45, 2.75) is 45.1 Å². The molecule has 2 atom stereocenters. The zero-order valence-corrected chi connectivity index (χ0v) is 28.4. The van der Waals surface area contributed by atoms with Crippen LogP contribution in [0, 0.1) is 0 Å². The number of hydrazine groups is 1. The second-order valence-corrected chi connectivity index (χ2v) is 13.5. The van der Waals surface area contributed by atoms with Crippen LogP contribution in [-0.4, -0.2) is 80.9 Å². The lowest BCUT2D eigenvalue weighted by Crippen LogP contribution is -2.66. The molecule has 0 bridgehead atoms. The van der Waals surface area contributed by atoms with Gasteiger partial charge in [0, 0.05) is 31.7 Å². The zero-order chi connectivity index (χ0) is 33.9. The molecule has 2 saturated heterocycles. The Hall–Kier alpha value is -4.43. The standard InChI is InChI=1S/C33H34Cl2N8O4S/c1-2-12-41(33(47)37-15-21-8-11-24(34)25(35)13-21)42-18-29(45)43-26(14-20-6-9-23(10-7-20)38-19-44)31(46)40(17-28(42)43)16-22-4-3-5-27-30(22)39-32(36)48-27/h3-11,13,19,26,28H,2,12,14-18H2,1H3,(H2,36,39)(H,37,47)(H,38,44)/t26-,28+/m0/s1. The van der Waals surface area contributed by atoms with Crippen molar-refractivity contribution in [1.29, 1.82) is 0 Å². The van der Waals surface area contributed by atoms with Crippen LogP contribution in [0.15, 0.2) is 60.7 Å². The summed E-state index contributed by atoms with van der Waals surface area (Å²) in [4.78, 5) is 60.6. The molecular formula is C33H34Cl2N8O4S. The Morgan fingerprint density at radius 1 is 1.10 bits per heavy atom. The number of hydrogen-bond acceptors (Lipinski definition) is 8. The lowest BCUT2D eigenvalue weighted by atomic mass is 9.99. The first kappa shape index (κ1) is 33.5. The number of nitrogens with zero attached hydrogens (tertiary/aromatic N) is 5. The van der Waals surface area contributed by atoms with E-state index in [0.29, 0.717) is 40.2 Å². The molecule has 2 aliphatic heterocycles. The second-order valence-electron chi connectivity index (χ2n) is 11.6. The van der Waals surface area contributed by atoms with Gasteiger partial charge in [-0.05, 0) is 53.4 Å². The third-order valence-corrected chi connectivity index (χ3v) is 10.1. The van der Waals surface area contributed by atoms with Crippen molar-refractivity contribution < 1.29 is 19.2 Å². The molecule has 3 aromatic carbocycles. The summed E-state index contributed by atoms with van der Waals surface area (Å²) in [5, 5.41) is 10.1. The highest BCUT2D eigenvalue weighted by molar-refractivity contribution is 7.22. The minimum atomic E-state index is -0.825. The Balaban J connectivity index is 1.30. The lowest BCUT2D eigenvalue weighted by molar-refractivity contribution is -0.157. The minimum absolute atomic E-state index is 0.0666. The topological polar surface area (TPSA) is 144 Å². The smallest absolute Gasteiger partial charge is 0.332 e. The number of halogens is 2. The number of nitrogens with one attached hydrogen (secondary N) is 2. The number of nitrogens with two attached hydrogens (primary N) is 1. The van der Waals surface area contributed by atoms with E-state index in [9.17, 15) is 19.2 Å². The number of carbonyl (C=O) groups is 4. The quantitative estimate of drug-likeness (QED) is 0.191. The zero-order valence-electron chi connectivity index (χ0n) is 26.1. The summed E-state index contributed by atoms with van der Waals surface area (Å²) in [5.74, 6) is -0.451. The van der Waals surface area contributed by atoms with Gasteiger partial charge in [-0.2, -0.15) is 5.01 Å². The number of para-hydroxylation sites is 1. The molecule has 4 N–H and O–H groups in total. The number of thiazole rings is 1. The van der Waals surface area contributed by atoms with E-state index in [1.807, 2.05) is 37.3 Å². The normalized spacial score (nSPS) is 17.9. The molecular weight excluding hydrogens is 675 g/mol. The van der Waals surface area contributed by atoms with Crippen LogP contribution in [0.1, 0.15) is 30.0 Å². The van der Waals surface area contributed by atoms with Crippen LogP contribution in [0.25, 0.3) is 10.2 Å². The average molecular weight is 710 g/mol. The van der Waals surface area contributed by atoms with E-state index in [1.165, 1.54) is 11.3 Å². The van der Waals surface area contributed by atoms with E-state index in [0.717, 1.165) is 26.9 Å². The number of nitrogen functional groups attached to an aromatic ring is 1. The molecule has 0 saturated carbocycles. The monoisotopic (exact) mass is 708 g/mol. The van der Waals surface area contributed by atoms with Gasteiger partial charge in [-0.1, -0.05) is 71.8 Å². The van der Waals surface area contributed by atoms with Gasteiger partial charge in [-0.3, -0.25) is 19.4 Å². The van der Waals surface area contributed by atoms with Gasteiger partial charge < -0.3 is 26.2 Å². The van der Waals surface area contributed by atoms with Gasteiger partial charge in [0.15, 0.2) is 5.13 Å². The summed E-state index contributed by atoms with van der Waals surface area (Å²) in [6, 6.07) is 16.9. The number of amides is 5. The number of hydrogen-bond donors (Lipinski definition) is 3. The molecule has 0 spiro atoms. The average Bonchev–Trinajstić information content (AvgIpc) is 3.62. The molecule has 12 nitrogen and oxygen atoms in total. The molecule has 2 aliphatic rings. The second kappa shape index (κ2) is 14.4. The van der Waals surface area contributed by atoms with Crippen molar-refractivity contribution in [1.82, 2.24) is 30.1 Å². The van der Waals surface area contributed by atoms with Gasteiger partial charge in [0.25, 0.3) is 0 Å². The molecule has 0 unspecified atom stereocenters. The molecule has 48 heavy (non-hydrogen) atoms. The van der Waals surface area contributed by atoms with Gasteiger partial charge in [0.05, 0.1) is 33.4 Å². The Morgan fingerprint density at radius 3 is 2.60 bits per heavy atom. The van der Waals surface area contributed by atoms with Gasteiger partial charge in [0.1, 0.15) is 12.2 Å². The fourth-order valence-electron chi connectivity index (χ4n) is 6.25. The largest absolute Gasteiger partial charge is 0.375 e. The summed E-state index contributed by atoms with van der Waals surface area (Å²) < 4.78 is 0.919. The van der Waals surface area contributed by atoms with E-state index in [-0.39, 0.29) is 50.4 Å². The fraction of sp³-hybridized carbons (Fsp3) is 0.303. The molecule has 3 heterocycles. The molecule has 2 fully saturated rings. The van der Waals surface area contributed by atoms with Crippen LogP contribution in [0.4, 0.5) is 15.6 Å². The SMILES string of the molecule is CCCN(C(=O)NCc1ccc(Cl)c(Cl)c1)N1CC(=O)N2[C@@H](Cc3ccc(NC=O)cc3)C(=O)N(Cc3cccc4sc(N)nc34)C[C@@H]21. The van der Waals surface area contributed by atoms with E-state index in [1.54, 1.807) is 50.1 Å². The van der Waals surface area contributed by atoms with Gasteiger partial charge in [-0.15, -0.1) is 0 Å². The van der Waals surface area contributed by atoms with Crippen molar-refractivity contribution in [3.8, 4) is 0 Å². The highest BCUT2D eigenvalue weighted by Gasteiger charge is 2.52. The Bertz CT molecular complexity index is 1860. The number of urea groups is 1. The van der Waals surface area contributed by atoms with Crippen LogP contribution in [0.5, 0.6) is 0 Å². The third-order valence-electron chi connectivity index (χ3n) is 8.46. The molecule has 5 amide bonds. The predicted molar refractivity (Wildman–Crippen MR) is 186 cm³/mol. The molecule has 0 radical (unpaired) electrons. The van der Waals surface area contributed by atoms with Gasteiger partial charge in [-0.25, -0.2) is 9.78 Å². The van der Waals surface area contributed by atoms with Crippen molar-refractivity contribution in [3.05, 3.63) is 87.4 Å². The fourth-order valence-corrected chi connectivity index (χ4v) is 7.35. The van der Waals surface area contributed by atoms with Crippen molar-refractivity contribution in [2.24, 2.45) is 0 Å². The van der Waals surface area contributed by atoms with Crippen molar-refractivity contribution in [3.63, 3.8) is 0 Å². The summed E-state index contributed by atoms with van der Waals surface area (Å²) in [6.07, 6.45) is 0.882. The number of carbonyl (C=O) groups excluding carboxylic acids is 4. The minimum Gasteiger partial charge on any atom is -0.375 e. The highest BCUT2D eigenvalue weighted by Crippen LogP contribution is 2.33. The van der Waals surface area contributed by atoms with Crippen LogP contribution >= 0.6 is 34.5 Å². The Kier molecular flexibility index (Phi) is 10.0. The number of piperazine rings is 1. The van der Waals surface area contributed by atoms with Crippen LogP contribution in [-0.2, 0) is 33.9 Å². The first-order chi connectivity index (χ1) is 23.2. The number of benzene rings is 3. The summed E-state index contributed by atoms with van der Waals surface area (Å²) >= 11 is 13.6. The van der Waals surface area contributed by atoms with Crippen LogP contribution < -0.4 is 16.4 Å². The van der Waals surface area contributed by atoms with Crippen LogP contribution in [0.2, 0.25) is 10.0 Å². The lowest BCUT2D eigenvalue weighted by Gasteiger charge is -2.46. The molecule has 1 aromatic heterocycles. The molecule has 15 heteroatoms. The van der Waals surface area contributed by atoms with Crippen LogP contribution in [0.3, 0.4) is 0 Å². The van der Waals surface area contributed by atoms with Crippen molar-refractivity contribution in [2.75, 3.05) is 30.7 Å². The van der Waals surface area contributed by atoms with Gasteiger partial charge >= 0.3 is 6.03 Å².